The van der Waals surface area contributed by atoms with Crippen molar-refractivity contribution in [3.8, 4) is 0 Å². The molecule has 1 aliphatic heterocycles. The van der Waals surface area contributed by atoms with Gasteiger partial charge in [-0.3, -0.25) is 10.2 Å². The summed E-state index contributed by atoms with van der Waals surface area (Å²) in [5, 5.41) is 2.40. The maximum atomic E-state index is 11.8. The molecular weight excluding hydrogens is 248 g/mol. The third kappa shape index (κ3) is 2.21. The molecular formula is C17H18N2O. The highest BCUT2D eigenvalue weighted by Crippen LogP contribution is 2.29. The van der Waals surface area contributed by atoms with Gasteiger partial charge in [-0.25, -0.2) is 5.43 Å². The summed E-state index contributed by atoms with van der Waals surface area (Å²) in [6, 6.07) is 12.6. The fourth-order valence-electron chi connectivity index (χ4n) is 2.65. The van der Waals surface area contributed by atoms with E-state index >= 15 is 0 Å². The Balaban J connectivity index is 2.25. The lowest BCUT2D eigenvalue weighted by molar-refractivity contribution is -0.116. The Morgan fingerprint density at radius 1 is 1.15 bits per heavy atom. The van der Waals surface area contributed by atoms with Gasteiger partial charge in [-0.15, -0.1) is 0 Å². The van der Waals surface area contributed by atoms with Gasteiger partial charge in [0.1, 0.15) is 0 Å². The quantitative estimate of drug-likeness (QED) is 0.820. The molecule has 1 amide bonds. The predicted molar refractivity (Wildman–Crippen MR) is 82.2 cm³/mol. The van der Waals surface area contributed by atoms with Gasteiger partial charge in [0.2, 0.25) is 0 Å². The zero-order valence-electron chi connectivity index (χ0n) is 11.7. The maximum absolute atomic E-state index is 11.8. The van der Waals surface area contributed by atoms with Crippen molar-refractivity contribution in [1.82, 2.24) is 10.9 Å². The molecule has 102 valence electrons. The molecule has 3 heteroatoms. The van der Waals surface area contributed by atoms with Crippen LogP contribution in [0.5, 0.6) is 0 Å². The zero-order valence-corrected chi connectivity index (χ0v) is 11.7. The average Bonchev–Trinajstić information content (AvgIpc) is 2.84. The lowest BCUT2D eigenvalue weighted by Crippen LogP contribution is -2.25. The van der Waals surface area contributed by atoms with Crippen LogP contribution in [0.3, 0.4) is 0 Å². The molecule has 0 saturated carbocycles. The van der Waals surface area contributed by atoms with Gasteiger partial charge >= 0.3 is 0 Å². The zero-order chi connectivity index (χ0) is 14.1. The van der Waals surface area contributed by atoms with Crippen LogP contribution in [-0.2, 0) is 4.79 Å². The summed E-state index contributed by atoms with van der Waals surface area (Å²) in [6.45, 7) is 4.93. The lowest BCUT2D eigenvalue weighted by atomic mass is 9.91. The first-order valence-corrected chi connectivity index (χ1v) is 6.92. The van der Waals surface area contributed by atoms with Crippen molar-refractivity contribution in [1.29, 1.82) is 0 Å². The van der Waals surface area contributed by atoms with Crippen molar-refractivity contribution in [2.24, 2.45) is 0 Å². The Hall–Kier alpha value is -2.13. The Kier molecular flexibility index (Phi) is 3.28. The Bertz CT molecular complexity index is 701. The van der Waals surface area contributed by atoms with E-state index in [0.717, 1.165) is 11.1 Å². The molecule has 0 aromatic heterocycles. The number of fused-ring (bicyclic) bond motifs is 1. The number of carbonyl (C=O) groups excluding carboxylic acids is 1. The monoisotopic (exact) mass is 266 g/mol. The molecule has 2 aromatic carbocycles. The molecule has 20 heavy (non-hydrogen) atoms. The third-order valence-corrected chi connectivity index (χ3v) is 3.72. The summed E-state index contributed by atoms with van der Waals surface area (Å²) in [4.78, 5) is 11.8. The molecule has 0 unspecified atom stereocenters. The Labute approximate surface area is 118 Å². The van der Waals surface area contributed by atoms with Gasteiger partial charge in [-0.05, 0) is 33.9 Å². The molecule has 3 nitrogen and oxygen atoms in total. The number of nitrogens with one attached hydrogen (secondary N) is 2. The van der Waals surface area contributed by atoms with Crippen LogP contribution < -0.4 is 10.9 Å². The Morgan fingerprint density at radius 2 is 1.95 bits per heavy atom. The van der Waals surface area contributed by atoms with Crippen LogP contribution in [-0.4, -0.2) is 12.5 Å². The maximum Gasteiger partial charge on any atom is 0.262 e. The highest BCUT2D eigenvalue weighted by Gasteiger charge is 2.17. The predicted octanol–water partition coefficient (Wildman–Crippen LogP) is 2.98. The summed E-state index contributed by atoms with van der Waals surface area (Å²) in [5.41, 5.74) is 8.71. The van der Waals surface area contributed by atoms with Crippen molar-refractivity contribution in [2.75, 3.05) is 6.54 Å². The molecule has 2 N–H and O–H groups in total. The minimum atomic E-state index is -0.0346. The molecule has 1 aliphatic rings. The average molecular weight is 266 g/mol. The van der Waals surface area contributed by atoms with Crippen LogP contribution in [0.4, 0.5) is 0 Å². The minimum absolute atomic E-state index is 0.0346. The molecule has 0 radical (unpaired) electrons. The Morgan fingerprint density at radius 3 is 2.65 bits per heavy atom. The van der Waals surface area contributed by atoms with Gasteiger partial charge in [0.25, 0.3) is 5.91 Å². The number of benzene rings is 2. The fourth-order valence-corrected chi connectivity index (χ4v) is 2.65. The molecule has 0 aliphatic carbocycles. The van der Waals surface area contributed by atoms with Crippen LogP contribution in [0.2, 0.25) is 0 Å². The fraction of sp³-hybridized carbons (Fsp3) is 0.235. The molecule has 0 atom stereocenters. The SMILES string of the molecule is CC(C)c1ccc2ccccc2c1/C=C1\CNNC1=O. The molecule has 2 aromatic rings. The number of hydrogen-bond donors (Lipinski definition) is 2. The van der Waals surface area contributed by atoms with Crippen molar-refractivity contribution in [3.63, 3.8) is 0 Å². The summed E-state index contributed by atoms with van der Waals surface area (Å²) >= 11 is 0. The van der Waals surface area contributed by atoms with Crippen molar-refractivity contribution in [3.05, 3.63) is 53.1 Å². The number of rotatable bonds is 2. The highest BCUT2D eigenvalue weighted by atomic mass is 16.2. The molecule has 0 bridgehead atoms. The minimum Gasteiger partial charge on any atom is -0.287 e. The number of hydrazine groups is 1. The van der Waals surface area contributed by atoms with Crippen molar-refractivity contribution >= 4 is 22.8 Å². The first-order valence-electron chi connectivity index (χ1n) is 6.92. The first kappa shape index (κ1) is 12.9. The number of hydrogen-bond acceptors (Lipinski definition) is 2. The van der Waals surface area contributed by atoms with Crippen molar-refractivity contribution < 1.29 is 4.79 Å². The topological polar surface area (TPSA) is 41.1 Å². The van der Waals surface area contributed by atoms with Gasteiger partial charge in [-0.2, -0.15) is 0 Å². The molecule has 1 saturated heterocycles. The molecule has 1 fully saturated rings. The number of carbonyl (C=O) groups is 1. The molecule has 1 heterocycles. The summed E-state index contributed by atoms with van der Waals surface area (Å²) in [7, 11) is 0. The van der Waals surface area contributed by atoms with E-state index in [9.17, 15) is 4.79 Å². The van der Waals surface area contributed by atoms with E-state index in [4.69, 9.17) is 0 Å². The second-order valence-electron chi connectivity index (χ2n) is 5.42. The van der Waals surface area contributed by atoms with Gasteiger partial charge in [-0.1, -0.05) is 50.2 Å². The van der Waals surface area contributed by atoms with Crippen LogP contribution in [0.25, 0.3) is 16.8 Å². The third-order valence-electron chi connectivity index (χ3n) is 3.72. The van der Waals surface area contributed by atoms with Gasteiger partial charge < -0.3 is 0 Å². The van der Waals surface area contributed by atoms with Gasteiger partial charge in [0.05, 0.1) is 0 Å². The number of amides is 1. The summed E-state index contributed by atoms with van der Waals surface area (Å²) < 4.78 is 0. The van der Waals surface area contributed by atoms with E-state index < -0.39 is 0 Å². The van der Waals surface area contributed by atoms with Crippen LogP contribution in [0, 0.1) is 0 Å². The van der Waals surface area contributed by atoms with Gasteiger partial charge in [0.15, 0.2) is 0 Å². The molecule has 3 rings (SSSR count). The largest absolute Gasteiger partial charge is 0.287 e. The van der Waals surface area contributed by atoms with Gasteiger partial charge in [0, 0.05) is 12.1 Å². The van der Waals surface area contributed by atoms with E-state index in [-0.39, 0.29) is 5.91 Å². The smallest absolute Gasteiger partial charge is 0.262 e. The van der Waals surface area contributed by atoms with Crippen molar-refractivity contribution in [2.45, 2.75) is 19.8 Å². The van der Waals surface area contributed by atoms with E-state index in [1.165, 1.54) is 16.3 Å². The van der Waals surface area contributed by atoms with E-state index in [2.05, 4.69) is 49.0 Å². The first-order chi connectivity index (χ1) is 9.66. The van der Waals surface area contributed by atoms with Crippen LogP contribution in [0.1, 0.15) is 30.9 Å². The highest BCUT2D eigenvalue weighted by molar-refractivity contribution is 6.03. The summed E-state index contributed by atoms with van der Waals surface area (Å²) in [5.74, 6) is 0.386. The van der Waals surface area contributed by atoms with Crippen LogP contribution in [0.15, 0.2) is 42.0 Å². The summed E-state index contributed by atoms with van der Waals surface area (Å²) in [6.07, 6.45) is 2.02. The second kappa shape index (κ2) is 5.10. The lowest BCUT2D eigenvalue weighted by Gasteiger charge is -2.13. The van der Waals surface area contributed by atoms with E-state index in [0.29, 0.717) is 12.5 Å². The van der Waals surface area contributed by atoms with E-state index in [1.54, 1.807) is 0 Å². The van der Waals surface area contributed by atoms with Crippen LogP contribution >= 0.6 is 0 Å². The normalized spacial score (nSPS) is 17.1. The second-order valence-corrected chi connectivity index (χ2v) is 5.42. The standard InChI is InChI=1S/C17H18N2O/c1-11(2)14-8-7-12-5-3-4-6-15(12)16(14)9-13-10-18-19-17(13)20/h3-9,11,18H,10H2,1-2H3,(H,19,20)/b13-9+. The molecule has 0 spiro atoms. The van der Waals surface area contributed by atoms with E-state index in [1.807, 2.05) is 18.2 Å².